The molecule has 1 N–H and O–H groups in total. The highest BCUT2D eigenvalue weighted by Crippen LogP contribution is 2.31. The number of hydrogen-bond acceptors (Lipinski definition) is 8. The van der Waals surface area contributed by atoms with Gasteiger partial charge in [-0.25, -0.2) is 13.6 Å². The van der Waals surface area contributed by atoms with E-state index >= 15 is 8.78 Å². The minimum Gasteiger partial charge on any atom is -0.484 e. The molecular weight excluding hydrogens is 722 g/mol. The van der Waals surface area contributed by atoms with Gasteiger partial charge >= 0.3 is 6.03 Å². The lowest BCUT2D eigenvalue weighted by Crippen LogP contribution is -2.49. The van der Waals surface area contributed by atoms with Gasteiger partial charge in [0.15, 0.2) is 6.61 Å². The number of carbonyl (C=O) groups excluding carboxylic acids is 3. The number of nitrogens with zero attached hydrogens (tertiary/aromatic N) is 5. The number of anilines is 1. The molecule has 4 amide bonds. The van der Waals surface area contributed by atoms with Gasteiger partial charge in [-0.3, -0.25) is 34.5 Å². The molecule has 298 valence electrons. The Morgan fingerprint density at radius 1 is 0.946 bits per heavy atom. The van der Waals surface area contributed by atoms with Crippen LogP contribution in [0, 0.1) is 18.6 Å². The van der Waals surface area contributed by atoms with Gasteiger partial charge in [-0.1, -0.05) is 19.4 Å². The molecule has 12 nitrogen and oxygen atoms in total. The number of ether oxygens (including phenoxy) is 2. The topological polar surface area (TPSA) is 126 Å². The van der Waals surface area contributed by atoms with E-state index in [-0.39, 0.29) is 62.7 Å². The average molecular weight is 773 g/mol. The van der Waals surface area contributed by atoms with Crippen molar-refractivity contribution in [3.05, 3.63) is 88.1 Å². The van der Waals surface area contributed by atoms with Crippen LogP contribution in [0.2, 0.25) is 0 Å². The van der Waals surface area contributed by atoms with Gasteiger partial charge in [-0.2, -0.15) is 0 Å². The SMILES string of the molecule is CCCCn1cc(-c2cc(F)c(CN3CCC(OC4CCN(C(=O)COc5ccc(C)c(N6CCC(=O)NC6=O)c5)CC4)CC3)c(F)c2)c2ccncc2c1=O.[HH]. The summed E-state index contributed by atoms with van der Waals surface area (Å²) in [6.45, 7) is 7.08. The molecule has 5 heterocycles. The maximum Gasteiger partial charge on any atom is 0.328 e. The highest BCUT2D eigenvalue weighted by atomic mass is 19.1. The van der Waals surface area contributed by atoms with Crippen molar-refractivity contribution in [1.29, 1.82) is 0 Å². The minimum absolute atomic E-state index is 0. The number of nitrogens with one attached hydrogen (secondary N) is 1. The molecule has 0 radical (unpaired) electrons. The number of unbranched alkanes of at least 4 members (excludes halogenated alkanes) is 1. The number of pyridine rings is 2. The number of likely N-dealkylation sites (tertiary alicyclic amines) is 2. The van der Waals surface area contributed by atoms with Crippen molar-refractivity contribution in [1.82, 2.24) is 24.7 Å². The number of piperidine rings is 2. The van der Waals surface area contributed by atoms with Gasteiger partial charge in [0.2, 0.25) is 5.91 Å². The molecular formula is C42H50F2N6O6. The fourth-order valence-electron chi connectivity index (χ4n) is 7.81. The molecule has 0 unspecified atom stereocenters. The fraction of sp³-hybridized carbons (Fsp3) is 0.452. The van der Waals surface area contributed by atoms with Crippen LogP contribution in [0.3, 0.4) is 0 Å². The number of hydrogen-bond donors (Lipinski definition) is 1. The van der Waals surface area contributed by atoms with E-state index in [2.05, 4.69) is 10.3 Å². The summed E-state index contributed by atoms with van der Waals surface area (Å²) in [6, 6.07) is 9.25. The fourth-order valence-corrected chi connectivity index (χ4v) is 7.81. The number of imide groups is 1. The number of rotatable bonds is 12. The van der Waals surface area contributed by atoms with Crippen LogP contribution >= 0.6 is 0 Å². The Kier molecular flexibility index (Phi) is 12.1. The number of benzene rings is 2. The summed E-state index contributed by atoms with van der Waals surface area (Å²) >= 11 is 0. The standard InChI is InChI=1S/C42H48F2N6O6.H2/c1-3-4-14-49-25-34(32-7-13-45-23-33(32)41(49)53)28-20-36(43)35(37(44)21-28)24-47-15-8-29(9-16-47)56-30-10-17-48(18-11-30)40(52)26-55-31-6-5-27(2)38(22-31)50-19-12-39(51)46-42(50)54;/h5-7,13,20-23,25,29-30H,3-4,8-12,14-19,24,26H2,1-2H3,(H,46,51,54);1H. The summed E-state index contributed by atoms with van der Waals surface area (Å²) in [5.41, 5.74) is 2.30. The first-order valence-electron chi connectivity index (χ1n) is 19.5. The van der Waals surface area contributed by atoms with Gasteiger partial charge < -0.3 is 18.9 Å². The van der Waals surface area contributed by atoms with E-state index in [4.69, 9.17) is 9.47 Å². The number of halogens is 2. The second-order valence-electron chi connectivity index (χ2n) is 14.9. The van der Waals surface area contributed by atoms with Crippen LogP contribution in [0.5, 0.6) is 5.75 Å². The third kappa shape index (κ3) is 8.76. The van der Waals surface area contributed by atoms with E-state index in [0.717, 1.165) is 31.2 Å². The number of carbonyl (C=O) groups is 3. The first-order valence-corrected chi connectivity index (χ1v) is 19.5. The van der Waals surface area contributed by atoms with Crippen molar-refractivity contribution >= 4 is 34.3 Å². The predicted octanol–water partition coefficient (Wildman–Crippen LogP) is 6.19. The molecule has 0 bridgehead atoms. The van der Waals surface area contributed by atoms with Gasteiger partial charge in [0.25, 0.3) is 11.5 Å². The van der Waals surface area contributed by atoms with Crippen LogP contribution in [0.25, 0.3) is 21.9 Å². The van der Waals surface area contributed by atoms with Gasteiger partial charge in [0, 0.05) is 89.4 Å². The van der Waals surface area contributed by atoms with Gasteiger partial charge in [0.05, 0.1) is 23.3 Å². The molecule has 0 saturated carbocycles. The molecule has 14 heteroatoms. The molecule has 0 atom stereocenters. The van der Waals surface area contributed by atoms with E-state index in [0.29, 0.717) is 78.9 Å². The van der Waals surface area contributed by atoms with E-state index in [1.54, 1.807) is 40.1 Å². The van der Waals surface area contributed by atoms with Crippen molar-refractivity contribution < 1.29 is 34.1 Å². The molecule has 4 aromatic rings. The summed E-state index contributed by atoms with van der Waals surface area (Å²) in [7, 11) is 0. The Morgan fingerprint density at radius 3 is 2.36 bits per heavy atom. The van der Waals surface area contributed by atoms with E-state index in [1.807, 2.05) is 24.8 Å². The lowest BCUT2D eigenvalue weighted by atomic mass is 9.99. The van der Waals surface area contributed by atoms with Crippen LogP contribution in [-0.2, 0) is 27.4 Å². The lowest BCUT2D eigenvalue weighted by Gasteiger charge is -2.37. The van der Waals surface area contributed by atoms with E-state index in [9.17, 15) is 19.2 Å². The summed E-state index contributed by atoms with van der Waals surface area (Å²) < 4.78 is 45.1. The molecule has 2 aromatic heterocycles. The maximum atomic E-state index is 15.6. The van der Waals surface area contributed by atoms with Crippen LogP contribution in [-0.4, -0.2) is 88.7 Å². The Morgan fingerprint density at radius 2 is 1.66 bits per heavy atom. The van der Waals surface area contributed by atoms with Crippen molar-refractivity contribution in [2.45, 2.75) is 84.1 Å². The number of urea groups is 1. The van der Waals surface area contributed by atoms with E-state index < -0.39 is 17.7 Å². The average Bonchev–Trinajstić information content (AvgIpc) is 3.19. The lowest BCUT2D eigenvalue weighted by molar-refractivity contribution is -0.137. The molecule has 3 fully saturated rings. The summed E-state index contributed by atoms with van der Waals surface area (Å²) in [4.78, 5) is 59.4. The maximum absolute atomic E-state index is 15.6. The number of aromatic nitrogens is 2. The second-order valence-corrected chi connectivity index (χ2v) is 14.9. The van der Waals surface area contributed by atoms with Crippen LogP contribution < -0.4 is 20.5 Å². The van der Waals surface area contributed by atoms with Crippen molar-refractivity contribution in [3.63, 3.8) is 0 Å². The van der Waals surface area contributed by atoms with Gasteiger partial charge in [-0.15, -0.1) is 0 Å². The highest BCUT2D eigenvalue weighted by Gasteiger charge is 2.29. The molecule has 0 spiro atoms. The second kappa shape index (κ2) is 17.3. The zero-order chi connectivity index (χ0) is 39.3. The van der Waals surface area contributed by atoms with Crippen molar-refractivity contribution in [3.8, 4) is 16.9 Å². The Balaban J connectivity index is 0.00000549. The number of fused-ring (bicyclic) bond motifs is 1. The van der Waals surface area contributed by atoms with Gasteiger partial charge in [-0.05, 0) is 79.8 Å². The summed E-state index contributed by atoms with van der Waals surface area (Å²) in [5, 5.41) is 3.36. The molecule has 2 aromatic carbocycles. The first-order chi connectivity index (χ1) is 27.1. The summed E-state index contributed by atoms with van der Waals surface area (Å²) in [5.74, 6) is -1.21. The predicted molar refractivity (Wildman–Crippen MR) is 210 cm³/mol. The van der Waals surface area contributed by atoms with Crippen LogP contribution in [0.4, 0.5) is 19.3 Å². The molecule has 0 aliphatic carbocycles. The number of aryl methyl sites for hydroxylation is 2. The van der Waals surface area contributed by atoms with E-state index in [1.165, 1.54) is 23.2 Å². The Hall–Kier alpha value is -5.21. The minimum atomic E-state index is -0.618. The zero-order valence-corrected chi connectivity index (χ0v) is 31.9. The van der Waals surface area contributed by atoms with Crippen molar-refractivity contribution in [2.75, 3.05) is 44.2 Å². The third-order valence-corrected chi connectivity index (χ3v) is 11.1. The Bertz CT molecular complexity index is 2150. The molecule has 56 heavy (non-hydrogen) atoms. The van der Waals surface area contributed by atoms with Gasteiger partial charge in [0.1, 0.15) is 17.4 Å². The zero-order valence-electron chi connectivity index (χ0n) is 31.9. The highest BCUT2D eigenvalue weighted by molar-refractivity contribution is 6.06. The normalized spacial score (nSPS) is 17.4. The molecule has 3 aliphatic heterocycles. The third-order valence-electron chi connectivity index (χ3n) is 11.1. The quantitative estimate of drug-likeness (QED) is 0.181. The molecule has 3 saturated heterocycles. The monoisotopic (exact) mass is 772 g/mol. The largest absolute Gasteiger partial charge is 0.484 e. The smallest absolute Gasteiger partial charge is 0.328 e. The van der Waals surface area contributed by atoms with Crippen LogP contribution in [0.15, 0.2) is 59.8 Å². The first kappa shape index (κ1) is 39.0. The Labute approximate surface area is 325 Å². The van der Waals surface area contributed by atoms with Crippen LogP contribution in [0.1, 0.15) is 64.4 Å². The summed E-state index contributed by atoms with van der Waals surface area (Å²) in [6.07, 6.45) is 9.63. The molecule has 7 rings (SSSR count). The van der Waals surface area contributed by atoms with Crippen molar-refractivity contribution in [2.24, 2.45) is 0 Å². The number of amides is 4. The molecule has 3 aliphatic rings.